The second kappa shape index (κ2) is 10.6. The van der Waals surface area contributed by atoms with Gasteiger partial charge in [-0.3, -0.25) is 9.59 Å². The molecule has 0 fully saturated rings. The van der Waals surface area contributed by atoms with Crippen LogP contribution in [0.25, 0.3) is 10.9 Å². The Bertz CT molecular complexity index is 1650. The molecule has 0 aliphatic carbocycles. The average Bonchev–Trinajstić information content (AvgIpc) is 3.23. The minimum Gasteiger partial charge on any atom is -0.349 e. The maximum atomic E-state index is 14.1. The minimum absolute atomic E-state index is 0.0365. The lowest BCUT2D eigenvalue weighted by molar-refractivity contribution is -0.123. The van der Waals surface area contributed by atoms with E-state index in [1.807, 2.05) is 6.07 Å². The number of carbonyl (C=O) groups is 2. The normalized spacial score (nSPS) is 13.2. The highest BCUT2D eigenvalue weighted by molar-refractivity contribution is 7.91. The van der Waals surface area contributed by atoms with E-state index < -0.39 is 39.6 Å². The number of amides is 2. The maximum Gasteiger partial charge on any atom is 0.269 e. The van der Waals surface area contributed by atoms with Crippen LogP contribution in [0.4, 0.5) is 4.39 Å². The lowest BCUT2D eigenvalue weighted by atomic mass is 10.1. The van der Waals surface area contributed by atoms with Gasteiger partial charge in [0.05, 0.1) is 10.9 Å². The number of carbonyl (C=O) groups excluding carboxylic acids is 2. The Morgan fingerprint density at radius 2 is 1.61 bits per heavy atom. The fourth-order valence-corrected chi connectivity index (χ4v) is 6.32. The summed E-state index contributed by atoms with van der Waals surface area (Å²) in [6.45, 7) is 6.66. The number of nitrogens with one attached hydrogen (secondary N) is 3. The molecule has 198 valence electrons. The van der Waals surface area contributed by atoms with Crippen LogP contribution in [-0.2, 0) is 14.6 Å². The molecule has 1 heterocycles. The summed E-state index contributed by atoms with van der Waals surface area (Å²) >= 11 is 6.17. The number of sulfone groups is 1. The van der Waals surface area contributed by atoms with Gasteiger partial charge in [-0.15, -0.1) is 0 Å². The van der Waals surface area contributed by atoms with Crippen LogP contribution in [0.5, 0.6) is 0 Å². The number of benzene rings is 3. The summed E-state index contributed by atoms with van der Waals surface area (Å²) in [5.41, 5.74) is 1.98. The Hall–Kier alpha value is -3.69. The third kappa shape index (κ3) is 5.44. The molecule has 10 heteroatoms. The quantitative estimate of drug-likeness (QED) is 0.283. The zero-order chi connectivity index (χ0) is 27.8. The van der Waals surface area contributed by atoms with E-state index in [-0.39, 0.29) is 20.9 Å². The Kier molecular flexibility index (Phi) is 7.62. The first-order valence-electron chi connectivity index (χ1n) is 11.9. The zero-order valence-electron chi connectivity index (χ0n) is 21.2. The van der Waals surface area contributed by atoms with Gasteiger partial charge in [-0.05, 0) is 75.2 Å². The lowest BCUT2D eigenvalue weighted by Gasteiger charge is -2.19. The van der Waals surface area contributed by atoms with E-state index in [9.17, 15) is 22.4 Å². The number of aromatic amines is 1. The minimum atomic E-state index is -4.17. The van der Waals surface area contributed by atoms with Gasteiger partial charge in [0.25, 0.3) is 5.91 Å². The van der Waals surface area contributed by atoms with Crippen molar-refractivity contribution in [3.8, 4) is 0 Å². The van der Waals surface area contributed by atoms with Crippen molar-refractivity contribution in [2.75, 3.05) is 0 Å². The van der Waals surface area contributed by atoms with Gasteiger partial charge in [-0.1, -0.05) is 35.9 Å². The van der Waals surface area contributed by atoms with Gasteiger partial charge in [0, 0.05) is 21.5 Å². The molecule has 0 bridgehead atoms. The van der Waals surface area contributed by atoms with Crippen molar-refractivity contribution in [2.45, 2.75) is 49.6 Å². The van der Waals surface area contributed by atoms with Crippen molar-refractivity contribution in [3.63, 3.8) is 0 Å². The Labute approximate surface area is 225 Å². The summed E-state index contributed by atoms with van der Waals surface area (Å²) in [6.07, 6.45) is 0. The van der Waals surface area contributed by atoms with Crippen molar-refractivity contribution in [1.29, 1.82) is 0 Å². The molecule has 3 aromatic carbocycles. The Morgan fingerprint density at radius 1 is 0.947 bits per heavy atom. The van der Waals surface area contributed by atoms with E-state index in [1.165, 1.54) is 31.2 Å². The lowest BCUT2D eigenvalue weighted by Crippen LogP contribution is -2.45. The number of hydrogen-bond donors (Lipinski definition) is 3. The van der Waals surface area contributed by atoms with Crippen LogP contribution in [0, 0.1) is 19.7 Å². The molecule has 7 nitrogen and oxygen atoms in total. The van der Waals surface area contributed by atoms with Gasteiger partial charge in [-0.2, -0.15) is 0 Å². The molecule has 2 atom stereocenters. The van der Waals surface area contributed by atoms with Crippen molar-refractivity contribution in [2.24, 2.45) is 0 Å². The average molecular weight is 556 g/mol. The van der Waals surface area contributed by atoms with Gasteiger partial charge in [0.15, 0.2) is 0 Å². The first-order valence-corrected chi connectivity index (χ1v) is 13.7. The number of H-pyrrole nitrogens is 1. The van der Waals surface area contributed by atoms with Crippen molar-refractivity contribution in [3.05, 3.63) is 93.9 Å². The highest BCUT2D eigenvalue weighted by atomic mass is 35.5. The molecule has 0 saturated heterocycles. The van der Waals surface area contributed by atoms with Crippen molar-refractivity contribution < 1.29 is 22.4 Å². The van der Waals surface area contributed by atoms with Crippen LogP contribution in [0.2, 0.25) is 5.02 Å². The highest BCUT2D eigenvalue weighted by Crippen LogP contribution is 2.34. The molecule has 0 saturated carbocycles. The maximum absolute atomic E-state index is 14.1. The fraction of sp³-hybridized carbons (Fsp3) is 0.214. The summed E-state index contributed by atoms with van der Waals surface area (Å²) in [4.78, 5) is 28.9. The molecule has 0 spiro atoms. The number of aryl methyl sites for hydroxylation is 2. The first kappa shape index (κ1) is 27.3. The van der Waals surface area contributed by atoms with Gasteiger partial charge < -0.3 is 15.6 Å². The standard InChI is InChI=1S/C28H27ClFN3O4S/c1-15-11-16(2)13-20(12-15)38(36,37)26-22-14-19(29)9-10-24(22)33-25(26)28(35)32-18(4)27(34)31-17(3)21-7-5-6-8-23(21)30/h5-14,17-18,33H,1-4H3,(H,31,34)(H,32,35). The molecular formula is C28H27ClFN3O4S. The van der Waals surface area contributed by atoms with E-state index in [1.54, 1.807) is 51.1 Å². The van der Waals surface area contributed by atoms with E-state index >= 15 is 0 Å². The Morgan fingerprint density at radius 3 is 2.26 bits per heavy atom. The molecular weight excluding hydrogens is 529 g/mol. The molecule has 1 aromatic heterocycles. The van der Waals surface area contributed by atoms with E-state index in [2.05, 4.69) is 15.6 Å². The Balaban J connectivity index is 1.68. The topological polar surface area (TPSA) is 108 Å². The second-order valence-electron chi connectivity index (χ2n) is 9.29. The van der Waals surface area contributed by atoms with Crippen LogP contribution >= 0.6 is 11.6 Å². The van der Waals surface area contributed by atoms with Crippen molar-refractivity contribution in [1.82, 2.24) is 15.6 Å². The zero-order valence-corrected chi connectivity index (χ0v) is 22.8. The largest absolute Gasteiger partial charge is 0.349 e. The molecule has 2 amide bonds. The fourth-order valence-electron chi connectivity index (χ4n) is 4.36. The van der Waals surface area contributed by atoms with Gasteiger partial charge in [-0.25, -0.2) is 12.8 Å². The van der Waals surface area contributed by atoms with Crippen LogP contribution in [0.3, 0.4) is 0 Å². The summed E-state index contributed by atoms with van der Waals surface area (Å²) in [5.74, 6) is -1.82. The molecule has 38 heavy (non-hydrogen) atoms. The summed E-state index contributed by atoms with van der Waals surface area (Å²) in [5, 5.41) is 5.79. The molecule has 2 unspecified atom stereocenters. The van der Waals surface area contributed by atoms with E-state index in [0.29, 0.717) is 16.1 Å². The summed E-state index contributed by atoms with van der Waals surface area (Å²) in [7, 11) is -4.17. The molecule has 4 rings (SSSR count). The van der Waals surface area contributed by atoms with Gasteiger partial charge in [0.1, 0.15) is 22.4 Å². The number of hydrogen-bond acceptors (Lipinski definition) is 4. The van der Waals surface area contributed by atoms with Crippen LogP contribution in [0.1, 0.15) is 47.1 Å². The number of rotatable bonds is 7. The second-order valence-corrected chi connectivity index (χ2v) is 11.6. The summed E-state index contributed by atoms with van der Waals surface area (Å²) < 4.78 is 41.8. The van der Waals surface area contributed by atoms with E-state index in [4.69, 9.17) is 11.6 Å². The highest BCUT2D eigenvalue weighted by Gasteiger charge is 2.31. The molecule has 4 aromatic rings. The molecule has 0 aliphatic heterocycles. The molecule has 3 N–H and O–H groups in total. The molecule has 0 aliphatic rings. The predicted octanol–water partition coefficient (Wildman–Crippen LogP) is 5.41. The SMILES string of the molecule is Cc1cc(C)cc(S(=O)(=O)c2c(C(=O)NC(C)C(=O)NC(C)c3ccccc3F)[nH]c3ccc(Cl)cc23)c1. The number of aromatic nitrogens is 1. The third-order valence-corrected chi connectivity index (χ3v) is 8.24. The smallest absolute Gasteiger partial charge is 0.269 e. The van der Waals surface area contributed by atoms with Crippen LogP contribution in [0.15, 0.2) is 70.5 Å². The number of fused-ring (bicyclic) bond motifs is 1. The predicted molar refractivity (Wildman–Crippen MR) is 145 cm³/mol. The van der Waals surface area contributed by atoms with Crippen LogP contribution in [-0.4, -0.2) is 31.3 Å². The summed E-state index contributed by atoms with van der Waals surface area (Å²) in [6, 6.07) is 13.9. The number of halogens is 2. The van der Waals surface area contributed by atoms with Gasteiger partial charge in [0.2, 0.25) is 15.7 Å². The first-order chi connectivity index (χ1) is 17.9. The monoisotopic (exact) mass is 555 g/mol. The van der Waals surface area contributed by atoms with E-state index in [0.717, 1.165) is 11.1 Å². The van der Waals surface area contributed by atoms with Crippen molar-refractivity contribution >= 4 is 44.2 Å². The molecule has 0 radical (unpaired) electrons. The third-order valence-electron chi connectivity index (χ3n) is 6.19. The van der Waals surface area contributed by atoms with Gasteiger partial charge >= 0.3 is 0 Å². The van der Waals surface area contributed by atoms with Crippen LogP contribution < -0.4 is 10.6 Å².